The van der Waals surface area contributed by atoms with E-state index >= 15 is 0 Å². The minimum Gasteiger partial charge on any atom is -0.316 e. The highest BCUT2D eigenvalue weighted by Crippen LogP contribution is 2.22. The lowest BCUT2D eigenvalue weighted by atomic mass is 10.1. The molecule has 0 aromatic carbocycles. The molecule has 1 unspecified atom stereocenters. The van der Waals surface area contributed by atoms with Crippen molar-refractivity contribution in [3.63, 3.8) is 0 Å². The highest BCUT2D eigenvalue weighted by molar-refractivity contribution is 7.10. The van der Waals surface area contributed by atoms with Gasteiger partial charge in [0.25, 0.3) is 0 Å². The molecule has 1 fully saturated rings. The molecular weight excluding hydrogens is 228 g/mol. The lowest BCUT2D eigenvalue weighted by Gasteiger charge is -2.32. The van der Waals surface area contributed by atoms with E-state index in [0.29, 0.717) is 6.04 Å². The number of nitrogens with zero attached hydrogens (tertiary/aromatic N) is 1. The number of likely N-dealkylation sites (N-methyl/N-ethyl adjacent to an activating group) is 1. The van der Waals surface area contributed by atoms with Crippen LogP contribution in [0.2, 0.25) is 5.02 Å². The molecule has 1 N–H and O–H groups in total. The van der Waals surface area contributed by atoms with E-state index in [-0.39, 0.29) is 0 Å². The van der Waals surface area contributed by atoms with Gasteiger partial charge in [-0.2, -0.15) is 0 Å². The fourth-order valence-electron chi connectivity index (χ4n) is 2.09. The van der Waals surface area contributed by atoms with E-state index in [1.54, 1.807) is 11.3 Å². The minimum absolute atomic E-state index is 0.661. The first-order valence-corrected chi connectivity index (χ1v) is 6.66. The van der Waals surface area contributed by atoms with Crippen LogP contribution in [0, 0.1) is 0 Å². The highest BCUT2D eigenvalue weighted by Gasteiger charge is 2.18. The normalized spacial score (nSPS) is 23.2. The van der Waals surface area contributed by atoms with Gasteiger partial charge in [-0.3, -0.25) is 4.90 Å². The number of halogens is 1. The van der Waals surface area contributed by atoms with Crippen LogP contribution in [-0.4, -0.2) is 31.1 Å². The Balaban J connectivity index is 1.88. The van der Waals surface area contributed by atoms with E-state index < -0.39 is 0 Å². The van der Waals surface area contributed by atoms with Gasteiger partial charge in [-0.05, 0) is 32.5 Å². The number of hydrogen-bond acceptors (Lipinski definition) is 3. The van der Waals surface area contributed by atoms with Crippen LogP contribution >= 0.6 is 22.9 Å². The minimum atomic E-state index is 0.661. The lowest BCUT2D eigenvalue weighted by molar-refractivity contribution is 0.189. The molecule has 2 rings (SSSR count). The van der Waals surface area contributed by atoms with Crippen LogP contribution in [0.5, 0.6) is 0 Å². The van der Waals surface area contributed by atoms with Gasteiger partial charge in [0, 0.05) is 29.4 Å². The number of hydrogen-bond donors (Lipinski definition) is 1. The first-order valence-electron chi connectivity index (χ1n) is 5.40. The van der Waals surface area contributed by atoms with E-state index in [2.05, 4.69) is 23.3 Å². The molecule has 1 aromatic rings. The summed E-state index contributed by atoms with van der Waals surface area (Å²) in [7, 11) is 2.05. The van der Waals surface area contributed by atoms with Gasteiger partial charge < -0.3 is 5.32 Å². The van der Waals surface area contributed by atoms with Crippen LogP contribution in [0.1, 0.15) is 17.7 Å². The molecule has 1 aliphatic rings. The van der Waals surface area contributed by atoms with Gasteiger partial charge in [0.05, 0.1) is 5.02 Å². The Hall–Kier alpha value is -0.0900. The molecule has 0 radical (unpaired) electrons. The molecule has 1 aliphatic heterocycles. The van der Waals surface area contributed by atoms with Gasteiger partial charge in [0.2, 0.25) is 0 Å². The quantitative estimate of drug-likeness (QED) is 0.879. The summed E-state index contributed by atoms with van der Waals surface area (Å²) >= 11 is 7.67. The zero-order valence-electron chi connectivity index (χ0n) is 9.00. The number of nitrogens with one attached hydrogen (secondary N) is 1. The van der Waals surface area contributed by atoms with Crippen molar-refractivity contribution in [2.24, 2.45) is 0 Å². The molecule has 0 amide bonds. The zero-order chi connectivity index (χ0) is 10.7. The number of rotatable bonds is 3. The van der Waals surface area contributed by atoms with Crippen LogP contribution in [0.25, 0.3) is 0 Å². The fourth-order valence-corrected chi connectivity index (χ4v) is 3.21. The van der Waals surface area contributed by atoms with Crippen molar-refractivity contribution in [1.82, 2.24) is 10.2 Å². The molecule has 1 saturated heterocycles. The Labute approximate surface area is 100 Å². The molecule has 0 saturated carbocycles. The summed E-state index contributed by atoms with van der Waals surface area (Å²) in [6.07, 6.45) is 2.60. The maximum Gasteiger partial charge on any atom is 0.0516 e. The molecule has 2 heterocycles. The van der Waals surface area contributed by atoms with Crippen molar-refractivity contribution in [1.29, 1.82) is 0 Å². The van der Waals surface area contributed by atoms with Gasteiger partial charge in [-0.1, -0.05) is 11.6 Å². The average Bonchev–Trinajstić information content (AvgIpc) is 2.64. The summed E-state index contributed by atoms with van der Waals surface area (Å²) in [5.41, 5.74) is 0. The summed E-state index contributed by atoms with van der Waals surface area (Å²) < 4.78 is 0. The van der Waals surface area contributed by atoms with Crippen molar-refractivity contribution in [2.75, 3.05) is 20.1 Å². The van der Waals surface area contributed by atoms with Crippen LogP contribution in [-0.2, 0) is 6.54 Å². The van der Waals surface area contributed by atoms with Gasteiger partial charge in [-0.15, -0.1) is 11.3 Å². The first-order chi connectivity index (χ1) is 7.28. The zero-order valence-corrected chi connectivity index (χ0v) is 10.6. The van der Waals surface area contributed by atoms with Gasteiger partial charge in [0.15, 0.2) is 0 Å². The maximum absolute atomic E-state index is 5.91. The van der Waals surface area contributed by atoms with Crippen LogP contribution in [0.4, 0.5) is 0 Å². The highest BCUT2D eigenvalue weighted by atomic mass is 35.5. The average molecular weight is 245 g/mol. The second-order valence-corrected chi connectivity index (χ2v) is 5.53. The fraction of sp³-hybridized carbons (Fsp3) is 0.636. The Morgan fingerprint density at radius 3 is 3.20 bits per heavy atom. The molecule has 0 aliphatic carbocycles. The van der Waals surface area contributed by atoms with Crippen molar-refractivity contribution >= 4 is 22.9 Å². The van der Waals surface area contributed by atoms with Crippen molar-refractivity contribution < 1.29 is 0 Å². The second-order valence-electron chi connectivity index (χ2n) is 4.09. The second kappa shape index (κ2) is 5.30. The van der Waals surface area contributed by atoms with Gasteiger partial charge in [0.1, 0.15) is 0 Å². The van der Waals surface area contributed by atoms with Crippen LogP contribution in [0.15, 0.2) is 11.4 Å². The van der Waals surface area contributed by atoms with Crippen molar-refractivity contribution in [2.45, 2.75) is 25.4 Å². The predicted octanol–water partition coefficient (Wildman–Crippen LogP) is 2.59. The Morgan fingerprint density at radius 2 is 2.53 bits per heavy atom. The predicted molar refractivity (Wildman–Crippen MR) is 66.7 cm³/mol. The molecule has 4 heteroatoms. The number of likely N-dealkylation sites (tertiary alicyclic amines) is 1. The largest absolute Gasteiger partial charge is 0.316 e. The summed E-state index contributed by atoms with van der Waals surface area (Å²) in [6.45, 7) is 3.43. The first kappa shape index (κ1) is 11.4. The molecule has 0 bridgehead atoms. The molecule has 0 spiro atoms. The van der Waals surface area contributed by atoms with E-state index in [1.165, 1.54) is 24.3 Å². The van der Waals surface area contributed by atoms with Crippen molar-refractivity contribution in [3.05, 3.63) is 21.3 Å². The van der Waals surface area contributed by atoms with E-state index in [0.717, 1.165) is 18.1 Å². The Bertz CT molecular complexity index is 313. The molecule has 2 nitrogen and oxygen atoms in total. The van der Waals surface area contributed by atoms with E-state index in [1.807, 2.05) is 5.38 Å². The van der Waals surface area contributed by atoms with Crippen LogP contribution < -0.4 is 5.32 Å². The van der Waals surface area contributed by atoms with Crippen molar-refractivity contribution in [3.8, 4) is 0 Å². The summed E-state index contributed by atoms with van der Waals surface area (Å²) in [6, 6.07) is 2.74. The Kier molecular flexibility index (Phi) is 4.03. The van der Waals surface area contributed by atoms with Crippen LogP contribution in [0.3, 0.4) is 0 Å². The summed E-state index contributed by atoms with van der Waals surface area (Å²) in [4.78, 5) is 3.88. The number of piperidine rings is 1. The lowest BCUT2D eigenvalue weighted by Crippen LogP contribution is -2.43. The maximum atomic E-state index is 5.91. The van der Waals surface area contributed by atoms with E-state index in [4.69, 9.17) is 11.6 Å². The van der Waals surface area contributed by atoms with E-state index in [9.17, 15) is 0 Å². The third-order valence-corrected chi connectivity index (χ3v) is 4.18. The topological polar surface area (TPSA) is 15.3 Å². The standard InChI is InChI=1S/C11H17ClN2S/c1-13-10-3-2-4-14(6-10)7-11-5-9(12)8-15-11/h5,8,10,13H,2-4,6-7H2,1H3. The van der Waals surface area contributed by atoms with Gasteiger partial charge in [-0.25, -0.2) is 0 Å². The third-order valence-electron chi connectivity index (χ3n) is 2.91. The number of thiophene rings is 1. The molecular formula is C11H17ClN2S. The third kappa shape index (κ3) is 3.18. The molecule has 1 atom stereocenters. The smallest absolute Gasteiger partial charge is 0.0516 e. The monoisotopic (exact) mass is 244 g/mol. The molecule has 15 heavy (non-hydrogen) atoms. The molecule has 1 aromatic heterocycles. The summed E-state index contributed by atoms with van der Waals surface area (Å²) in [5, 5.41) is 6.24. The Morgan fingerprint density at radius 1 is 1.67 bits per heavy atom. The SMILES string of the molecule is CNC1CCCN(Cc2cc(Cl)cs2)C1. The molecule has 84 valence electrons. The summed E-state index contributed by atoms with van der Waals surface area (Å²) in [5.74, 6) is 0. The van der Waals surface area contributed by atoms with Gasteiger partial charge >= 0.3 is 0 Å².